The van der Waals surface area contributed by atoms with Gasteiger partial charge in [0.05, 0.1) is 10.7 Å². The van der Waals surface area contributed by atoms with Crippen molar-refractivity contribution in [2.75, 3.05) is 11.9 Å². The van der Waals surface area contributed by atoms with Crippen molar-refractivity contribution in [1.82, 2.24) is 14.5 Å². The van der Waals surface area contributed by atoms with Crippen LogP contribution in [0.1, 0.15) is 13.3 Å². The molecule has 0 unspecified atom stereocenters. The first-order valence-corrected chi connectivity index (χ1v) is 14.4. The number of ether oxygens (including phenoxy) is 2. The Bertz CT molecular complexity index is 1030. The van der Waals surface area contributed by atoms with Crippen LogP contribution >= 0.6 is 15.9 Å². The SMILES string of the molecule is CCC(=O)Nc1cccc(Oc2cnc3c(n2)c(Br)cn3COCC[Si](C)(C)C)c1. The molecule has 0 aliphatic carbocycles. The van der Waals surface area contributed by atoms with Crippen molar-refractivity contribution < 1.29 is 14.3 Å². The zero-order chi connectivity index (χ0) is 21.7. The summed E-state index contributed by atoms with van der Waals surface area (Å²) in [6, 6.07) is 8.31. The molecule has 2 aromatic heterocycles. The third-order valence-corrected chi connectivity index (χ3v) is 6.67. The van der Waals surface area contributed by atoms with Crippen LogP contribution in [0.2, 0.25) is 25.7 Å². The average Bonchev–Trinajstić information content (AvgIpc) is 3.00. The lowest BCUT2D eigenvalue weighted by Crippen LogP contribution is -2.22. The van der Waals surface area contributed by atoms with Crippen molar-refractivity contribution in [3.63, 3.8) is 0 Å². The summed E-state index contributed by atoms with van der Waals surface area (Å²) in [7, 11) is -1.12. The fourth-order valence-electron chi connectivity index (χ4n) is 2.69. The van der Waals surface area contributed by atoms with Crippen LogP contribution in [0.3, 0.4) is 0 Å². The summed E-state index contributed by atoms with van der Waals surface area (Å²) in [5, 5.41) is 2.82. The quantitative estimate of drug-likeness (QED) is 0.309. The monoisotopic (exact) mass is 490 g/mol. The highest BCUT2D eigenvalue weighted by molar-refractivity contribution is 9.10. The number of aromatic nitrogens is 3. The molecule has 3 aromatic rings. The van der Waals surface area contributed by atoms with Crippen LogP contribution in [-0.4, -0.2) is 35.1 Å². The Morgan fingerprint density at radius 2 is 2.10 bits per heavy atom. The van der Waals surface area contributed by atoms with Crippen LogP contribution in [0.4, 0.5) is 5.69 Å². The molecule has 0 saturated carbocycles. The molecule has 160 valence electrons. The number of hydrogen-bond donors (Lipinski definition) is 1. The minimum Gasteiger partial charge on any atom is -0.437 e. The number of halogens is 1. The third kappa shape index (κ3) is 6.13. The molecule has 1 amide bonds. The molecule has 9 heteroatoms. The summed E-state index contributed by atoms with van der Waals surface area (Å²) in [4.78, 5) is 20.7. The van der Waals surface area contributed by atoms with E-state index >= 15 is 0 Å². The van der Waals surface area contributed by atoms with E-state index in [2.05, 4.69) is 50.9 Å². The zero-order valence-electron chi connectivity index (χ0n) is 17.7. The highest BCUT2D eigenvalue weighted by atomic mass is 79.9. The molecule has 0 atom stereocenters. The van der Waals surface area contributed by atoms with Crippen molar-refractivity contribution in [2.24, 2.45) is 0 Å². The van der Waals surface area contributed by atoms with Gasteiger partial charge in [-0.2, -0.15) is 0 Å². The number of carbonyl (C=O) groups is 1. The van der Waals surface area contributed by atoms with Gasteiger partial charge in [-0.05, 0) is 34.1 Å². The largest absolute Gasteiger partial charge is 0.437 e. The highest BCUT2D eigenvalue weighted by Crippen LogP contribution is 2.28. The molecule has 0 radical (unpaired) electrons. The van der Waals surface area contributed by atoms with Crippen LogP contribution < -0.4 is 10.1 Å². The summed E-state index contributed by atoms with van der Waals surface area (Å²) in [6.45, 7) is 9.98. The van der Waals surface area contributed by atoms with E-state index in [9.17, 15) is 4.79 Å². The minimum absolute atomic E-state index is 0.0503. The molecule has 0 spiro atoms. The van der Waals surface area contributed by atoms with Gasteiger partial charge in [-0.1, -0.05) is 32.6 Å². The van der Waals surface area contributed by atoms with E-state index in [0.717, 1.165) is 22.8 Å². The van der Waals surface area contributed by atoms with Crippen molar-refractivity contribution >= 4 is 46.8 Å². The van der Waals surface area contributed by atoms with Crippen molar-refractivity contribution in [3.05, 3.63) is 41.1 Å². The molecule has 0 fully saturated rings. The number of rotatable bonds is 9. The fourth-order valence-corrected chi connectivity index (χ4v) is 3.96. The number of benzene rings is 1. The lowest BCUT2D eigenvalue weighted by Gasteiger charge is -2.15. The first-order valence-electron chi connectivity index (χ1n) is 9.92. The molecule has 3 rings (SSSR count). The minimum atomic E-state index is -1.12. The molecule has 7 nitrogen and oxygen atoms in total. The Morgan fingerprint density at radius 3 is 2.83 bits per heavy atom. The second-order valence-electron chi connectivity index (χ2n) is 8.21. The van der Waals surface area contributed by atoms with Crippen LogP contribution in [0.5, 0.6) is 11.6 Å². The van der Waals surface area contributed by atoms with E-state index in [0.29, 0.717) is 36.0 Å². The van der Waals surface area contributed by atoms with Gasteiger partial charge in [-0.25, -0.2) is 9.97 Å². The van der Waals surface area contributed by atoms with Crippen LogP contribution in [0, 0.1) is 0 Å². The van der Waals surface area contributed by atoms with Crippen LogP contribution in [0.15, 0.2) is 41.1 Å². The first kappa shape index (κ1) is 22.5. The summed E-state index contributed by atoms with van der Waals surface area (Å²) in [5.74, 6) is 0.896. The molecule has 1 aromatic carbocycles. The van der Waals surface area contributed by atoms with Gasteiger partial charge in [0, 0.05) is 39.1 Å². The maximum Gasteiger partial charge on any atom is 0.238 e. The number of nitrogens with zero attached hydrogens (tertiary/aromatic N) is 3. The predicted octanol–water partition coefficient (Wildman–Crippen LogP) is 5.65. The van der Waals surface area contributed by atoms with E-state index in [1.54, 1.807) is 18.3 Å². The Labute approximate surface area is 186 Å². The van der Waals surface area contributed by atoms with E-state index in [-0.39, 0.29) is 5.91 Å². The molecule has 2 heterocycles. The Hall–Kier alpha value is -2.23. The van der Waals surface area contributed by atoms with Gasteiger partial charge in [0.2, 0.25) is 11.8 Å². The number of carbonyl (C=O) groups excluding carboxylic acids is 1. The van der Waals surface area contributed by atoms with Crippen molar-refractivity contribution in [2.45, 2.75) is 45.8 Å². The average molecular weight is 491 g/mol. The van der Waals surface area contributed by atoms with Crippen molar-refractivity contribution in [1.29, 1.82) is 0 Å². The molecule has 30 heavy (non-hydrogen) atoms. The van der Waals surface area contributed by atoms with E-state index < -0.39 is 8.07 Å². The summed E-state index contributed by atoms with van der Waals surface area (Å²) in [6.07, 6.45) is 3.93. The van der Waals surface area contributed by atoms with Crippen LogP contribution in [-0.2, 0) is 16.3 Å². The van der Waals surface area contributed by atoms with E-state index in [4.69, 9.17) is 9.47 Å². The fraction of sp³-hybridized carbons (Fsp3) is 0.381. The normalized spacial score (nSPS) is 11.6. The van der Waals surface area contributed by atoms with E-state index in [1.807, 2.05) is 29.8 Å². The second-order valence-corrected chi connectivity index (χ2v) is 14.7. The number of nitrogens with one attached hydrogen (secondary N) is 1. The highest BCUT2D eigenvalue weighted by Gasteiger charge is 2.14. The van der Waals surface area contributed by atoms with Gasteiger partial charge < -0.3 is 19.4 Å². The van der Waals surface area contributed by atoms with Crippen LogP contribution in [0.25, 0.3) is 11.2 Å². The summed E-state index contributed by atoms with van der Waals surface area (Å²) in [5.41, 5.74) is 2.11. The topological polar surface area (TPSA) is 78.3 Å². The molecule has 0 bridgehead atoms. The zero-order valence-corrected chi connectivity index (χ0v) is 20.3. The Kier molecular flexibility index (Phi) is 7.27. The smallest absolute Gasteiger partial charge is 0.238 e. The maximum atomic E-state index is 11.6. The molecule has 0 aliphatic rings. The van der Waals surface area contributed by atoms with Gasteiger partial charge >= 0.3 is 0 Å². The maximum absolute atomic E-state index is 11.6. The van der Waals surface area contributed by atoms with Gasteiger partial charge in [0.25, 0.3) is 0 Å². The standard InChI is InChI=1S/C21H27BrN4O3Si/c1-5-18(27)24-15-7-6-8-16(11-15)29-19-12-23-21-20(25-19)17(22)13-26(21)14-28-9-10-30(2,3)4/h6-8,11-13H,5,9-10,14H2,1-4H3,(H,24,27). The first-order chi connectivity index (χ1) is 14.2. The van der Waals surface area contributed by atoms with Gasteiger partial charge in [0.15, 0.2) is 5.65 Å². The Balaban J connectivity index is 1.71. The molecular formula is C21H27BrN4O3Si. The second kappa shape index (κ2) is 9.72. The molecule has 0 aliphatic heterocycles. The Morgan fingerprint density at radius 1 is 1.30 bits per heavy atom. The third-order valence-electron chi connectivity index (χ3n) is 4.39. The summed E-state index contributed by atoms with van der Waals surface area (Å²) < 4.78 is 14.5. The lowest BCUT2D eigenvalue weighted by atomic mass is 10.3. The number of amides is 1. The van der Waals surface area contributed by atoms with Crippen molar-refractivity contribution in [3.8, 4) is 11.6 Å². The lowest BCUT2D eigenvalue weighted by molar-refractivity contribution is -0.115. The summed E-state index contributed by atoms with van der Waals surface area (Å²) >= 11 is 3.55. The number of hydrogen-bond acceptors (Lipinski definition) is 5. The van der Waals surface area contributed by atoms with Gasteiger partial charge in [-0.15, -0.1) is 0 Å². The van der Waals surface area contributed by atoms with E-state index in [1.165, 1.54) is 0 Å². The van der Waals surface area contributed by atoms with Gasteiger partial charge in [-0.3, -0.25) is 4.79 Å². The number of anilines is 1. The predicted molar refractivity (Wildman–Crippen MR) is 125 cm³/mol. The van der Waals surface area contributed by atoms with Gasteiger partial charge in [0.1, 0.15) is 18.0 Å². The molecular weight excluding hydrogens is 464 g/mol. The molecule has 1 N–H and O–H groups in total. The number of fused-ring (bicyclic) bond motifs is 1. The molecule has 0 saturated heterocycles.